The predicted molar refractivity (Wildman–Crippen MR) is 217 cm³/mol. The highest BCUT2D eigenvalue weighted by molar-refractivity contribution is 7.85. The Kier molecular flexibility index (Phi) is 14.5. The third kappa shape index (κ3) is 11.1. The first-order valence-corrected chi connectivity index (χ1v) is 21.4. The van der Waals surface area contributed by atoms with Gasteiger partial charge >= 0.3 is 11.9 Å². The van der Waals surface area contributed by atoms with Crippen molar-refractivity contribution in [3.63, 3.8) is 0 Å². The molecule has 58 heavy (non-hydrogen) atoms. The highest BCUT2D eigenvalue weighted by Gasteiger charge is 2.34. The Balaban J connectivity index is 1.46. The van der Waals surface area contributed by atoms with Gasteiger partial charge in [-0.2, -0.15) is 13.0 Å². The summed E-state index contributed by atoms with van der Waals surface area (Å²) in [5.41, 5.74) is 2.32. The van der Waals surface area contributed by atoms with Crippen LogP contribution in [0.1, 0.15) is 96.6 Å². The van der Waals surface area contributed by atoms with E-state index in [1.54, 1.807) is 38.1 Å². The number of unbranched alkanes of at least 4 members (excludes halogenated alkanes) is 4. The molecule has 0 saturated carbocycles. The van der Waals surface area contributed by atoms with Crippen LogP contribution < -0.4 is 18.8 Å². The summed E-state index contributed by atoms with van der Waals surface area (Å²) in [4.78, 5) is 56.6. The van der Waals surface area contributed by atoms with Gasteiger partial charge in [0.15, 0.2) is 6.54 Å². The minimum atomic E-state index is -4.22. The minimum Gasteiger partial charge on any atom is -0.497 e. The average molecular weight is 822 g/mol. The number of hydroxylamine groups is 2. The van der Waals surface area contributed by atoms with E-state index in [2.05, 4.69) is 21.0 Å². The van der Waals surface area contributed by atoms with Gasteiger partial charge in [-0.3, -0.25) is 14.1 Å². The van der Waals surface area contributed by atoms with E-state index in [4.69, 9.17) is 19.0 Å². The van der Waals surface area contributed by atoms with Gasteiger partial charge in [-0.15, -0.1) is 5.06 Å². The molecule has 0 aliphatic carbocycles. The lowest BCUT2D eigenvalue weighted by Gasteiger charge is -2.29. The highest BCUT2D eigenvalue weighted by atomic mass is 32.2. The fraction of sp³-hybridized carbons (Fsp3) is 0.465. The number of esters is 1. The van der Waals surface area contributed by atoms with E-state index in [-0.39, 0.29) is 42.7 Å². The Bertz CT molecular complexity index is 2270. The minimum absolute atomic E-state index is 0.0382. The number of carbonyl (C=O) groups excluding carboxylic acids is 4. The second kappa shape index (κ2) is 19.1. The number of ether oxygens (including phenoxy) is 3. The van der Waals surface area contributed by atoms with Crippen molar-refractivity contribution in [2.45, 2.75) is 85.1 Å². The summed E-state index contributed by atoms with van der Waals surface area (Å²) in [5, 5.41) is 1.43. The van der Waals surface area contributed by atoms with Crippen LogP contribution in [0.15, 0.2) is 48.5 Å². The van der Waals surface area contributed by atoms with E-state index in [1.165, 1.54) is 38.6 Å². The van der Waals surface area contributed by atoms with Crippen molar-refractivity contribution in [1.82, 2.24) is 5.06 Å². The smallest absolute Gasteiger partial charge is 0.363 e. The number of hydrogen-bond donors (Lipinski definition) is 1. The first kappa shape index (κ1) is 44.0. The molecule has 15 heteroatoms. The molecule has 4 aromatic rings. The Labute approximate surface area is 339 Å². The van der Waals surface area contributed by atoms with Crippen molar-refractivity contribution in [2.75, 3.05) is 46.7 Å². The van der Waals surface area contributed by atoms with Crippen molar-refractivity contribution < 1.29 is 60.2 Å². The van der Waals surface area contributed by atoms with Gasteiger partial charge in [-0.05, 0) is 93.5 Å². The van der Waals surface area contributed by atoms with Crippen molar-refractivity contribution in [2.24, 2.45) is 0 Å². The van der Waals surface area contributed by atoms with E-state index in [0.717, 1.165) is 36.7 Å². The van der Waals surface area contributed by atoms with Crippen LogP contribution in [0.2, 0.25) is 0 Å². The fourth-order valence-electron chi connectivity index (χ4n) is 7.31. The Morgan fingerprint density at radius 2 is 1.40 bits per heavy atom. The standard InChI is InChI=1S/C43H54N3O11S/c1-7-8-21-46(4,5)22-11-9-10-12-23-55-33-15-17-37-35(28-33)40(34-27-32(54-6)14-16-36(34)44(37)20-13-24-58(51,52)53)43(50)56-41-29(2)25-31(26-30(41)3)42(49)57-45-38(47)18-19-39(45)48/h14-17,25-28H,7-13,18-24H2,1-6H3/q+1/p+1. The Morgan fingerprint density at radius 1 is 0.810 bits per heavy atom. The molecular weight excluding hydrogens is 767 g/mol. The lowest BCUT2D eigenvalue weighted by atomic mass is 10.0. The van der Waals surface area contributed by atoms with Crippen molar-refractivity contribution in [3.8, 4) is 17.2 Å². The molecule has 1 N–H and O–H groups in total. The van der Waals surface area contributed by atoms with Gasteiger partial charge in [-0.1, -0.05) is 13.3 Å². The van der Waals surface area contributed by atoms with Crippen LogP contribution >= 0.6 is 0 Å². The maximum Gasteiger partial charge on any atom is 0.363 e. The molecule has 14 nitrogen and oxygen atoms in total. The number of hydrogen-bond acceptors (Lipinski definition) is 10. The van der Waals surface area contributed by atoms with Crippen LogP contribution in [0.3, 0.4) is 0 Å². The molecule has 0 spiro atoms. The molecule has 5 rings (SSSR count). The number of amides is 2. The number of imide groups is 1. The Hall–Kier alpha value is -5.12. The van der Waals surface area contributed by atoms with Crippen molar-refractivity contribution in [1.29, 1.82) is 0 Å². The summed E-state index contributed by atoms with van der Waals surface area (Å²) in [6.07, 6.45) is 6.54. The number of aryl methyl sites for hydroxylation is 3. The summed E-state index contributed by atoms with van der Waals surface area (Å²) in [6, 6.07) is 13.5. The van der Waals surface area contributed by atoms with E-state index in [1.807, 2.05) is 16.7 Å². The van der Waals surface area contributed by atoms with Crippen molar-refractivity contribution >= 4 is 55.7 Å². The molecular formula is C43H55N3O11S+2. The SMILES string of the molecule is CCCC[N+](C)(C)CCCCCCOc1ccc2c(c1)c(C(=O)Oc1c(C)cc(C(=O)ON3C(=O)CCC3=O)cc1C)c1cc(OC)ccc1[n+]2CCCS(=O)(=O)O. The number of fused-ring (bicyclic) bond motifs is 2. The molecule has 0 atom stereocenters. The van der Waals surface area contributed by atoms with Gasteiger partial charge in [0.25, 0.3) is 21.9 Å². The van der Waals surface area contributed by atoms with E-state index in [9.17, 15) is 32.1 Å². The molecule has 0 radical (unpaired) electrons. The lowest BCUT2D eigenvalue weighted by molar-refractivity contribution is -0.890. The number of carbonyl (C=O) groups is 4. The number of methoxy groups -OCH3 is 1. The maximum absolute atomic E-state index is 14.5. The number of rotatable bonds is 20. The molecule has 1 aliphatic rings. The topological polar surface area (TPSA) is 167 Å². The summed E-state index contributed by atoms with van der Waals surface area (Å²) in [7, 11) is 1.85. The average Bonchev–Trinajstić information content (AvgIpc) is 3.49. The molecule has 1 aromatic heterocycles. The van der Waals surface area contributed by atoms with Crippen LogP contribution in [0.25, 0.3) is 21.8 Å². The quantitative estimate of drug-likeness (QED) is 0.0152. The van der Waals surface area contributed by atoms with Gasteiger partial charge in [0.1, 0.15) is 17.2 Å². The van der Waals surface area contributed by atoms with Crippen LogP contribution in [-0.2, 0) is 31.1 Å². The third-order valence-corrected chi connectivity index (χ3v) is 11.2. The zero-order valence-electron chi connectivity index (χ0n) is 34.3. The molecule has 1 aliphatic heterocycles. The molecule has 2 amide bonds. The lowest BCUT2D eigenvalue weighted by Crippen LogP contribution is -2.41. The number of nitrogens with zero attached hydrogens (tertiary/aromatic N) is 3. The number of quaternary nitrogens is 1. The van der Waals surface area contributed by atoms with Gasteiger partial charge in [0.05, 0.1) is 68.6 Å². The largest absolute Gasteiger partial charge is 0.497 e. The number of pyridine rings is 1. The predicted octanol–water partition coefficient (Wildman–Crippen LogP) is 6.44. The van der Waals surface area contributed by atoms with E-state index in [0.29, 0.717) is 56.1 Å². The summed E-state index contributed by atoms with van der Waals surface area (Å²) >= 11 is 0. The zero-order chi connectivity index (χ0) is 42.2. The fourth-order valence-corrected chi connectivity index (χ4v) is 7.80. The maximum atomic E-state index is 14.5. The summed E-state index contributed by atoms with van der Waals surface area (Å²) < 4.78 is 53.7. The van der Waals surface area contributed by atoms with Gasteiger partial charge < -0.3 is 23.5 Å². The first-order valence-electron chi connectivity index (χ1n) is 19.8. The molecule has 2 heterocycles. The third-order valence-electron chi connectivity index (χ3n) is 10.4. The molecule has 1 saturated heterocycles. The van der Waals surface area contributed by atoms with Gasteiger partial charge in [0, 0.05) is 31.4 Å². The van der Waals surface area contributed by atoms with Crippen LogP contribution in [0, 0.1) is 13.8 Å². The second-order valence-corrected chi connectivity index (χ2v) is 17.1. The molecule has 1 fully saturated rings. The molecule has 0 unspecified atom stereocenters. The molecule has 312 valence electrons. The number of aromatic nitrogens is 1. The molecule has 3 aromatic carbocycles. The summed E-state index contributed by atoms with van der Waals surface area (Å²) in [6.45, 7) is 8.51. The van der Waals surface area contributed by atoms with Crippen LogP contribution in [0.5, 0.6) is 17.2 Å². The van der Waals surface area contributed by atoms with E-state index >= 15 is 0 Å². The highest BCUT2D eigenvalue weighted by Crippen LogP contribution is 2.33. The Morgan fingerprint density at radius 3 is 2.00 bits per heavy atom. The number of benzene rings is 3. The van der Waals surface area contributed by atoms with Crippen LogP contribution in [-0.4, -0.2) is 92.9 Å². The summed E-state index contributed by atoms with van der Waals surface area (Å²) in [5.74, 6) is -2.06. The van der Waals surface area contributed by atoms with Gasteiger partial charge in [0.2, 0.25) is 11.0 Å². The first-order chi connectivity index (χ1) is 27.5. The van der Waals surface area contributed by atoms with Gasteiger partial charge in [-0.25, -0.2) is 9.59 Å². The zero-order valence-corrected chi connectivity index (χ0v) is 35.1. The van der Waals surface area contributed by atoms with Crippen LogP contribution in [0.4, 0.5) is 0 Å². The molecule has 0 bridgehead atoms. The normalized spacial score (nSPS) is 13.4. The van der Waals surface area contributed by atoms with Crippen molar-refractivity contribution in [3.05, 3.63) is 70.8 Å². The van der Waals surface area contributed by atoms with E-state index < -0.39 is 39.6 Å². The monoisotopic (exact) mass is 821 g/mol. The second-order valence-electron chi connectivity index (χ2n) is 15.5.